The molecule has 2 aromatic rings. The normalized spacial score (nSPS) is 11.4. The summed E-state index contributed by atoms with van der Waals surface area (Å²) in [4.78, 5) is 0. The molecule has 100 valence electrons. The SMILES string of the molecule is FC(F)(F)Oc1ccc(-c2ccccc2Br)c(Br)c1. The van der Waals surface area contributed by atoms with Crippen molar-refractivity contribution in [2.24, 2.45) is 0 Å². The molecule has 0 bridgehead atoms. The van der Waals surface area contributed by atoms with Crippen LogP contribution in [0.3, 0.4) is 0 Å². The van der Waals surface area contributed by atoms with E-state index in [1.807, 2.05) is 24.3 Å². The fourth-order valence-electron chi connectivity index (χ4n) is 1.59. The molecule has 0 aromatic heterocycles. The number of hydrogen-bond donors (Lipinski definition) is 0. The van der Waals surface area contributed by atoms with Crippen molar-refractivity contribution in [3.8, 4) is 16.9 Å². The lowest BCUT2D eigenvalue weighted by molar-refractivity contribution is -0.274. The van der Waals surface area contributed by atoms with Crippen molar-refractivity contribution in [1.29, 1.82) is 0 Å². The molecular formula is C13H7Br2F3O. The summed E-state index contributed by atoms with van der Waals surface area (Å²) in [5.41, 5.74) is 1.66. The van der Waals surface area contributed by atoms with E-state index < -0.39 is 6.36 Å². The lowest BCUT2D eigenvalue weighted by atomic mass is 10.1. The van der Waals surface area contributed by atoms with Crippen LogP contribution >= 0.6 is 31.9 Å². The second-order valence-corrected chi connectivity index (χ2v) is 5.38. The van der Waals surface area contributed by atoms with Crippen molar-refractivity contribution in [2.75, 3.05) is 0 Å². The van der Waals surface area contributed by atoms with Crippen molar-refractivity contribution in [3.63, 3.8) is 0 Å². The van der Waals surface area contributed by atoms with Crippen molar-refractivity contribution in [1.82, 2.24) is 0 Å². The third kappa shape index (κ3) is 3.73. The Labute approximate surface area is 124 Å². The van der Waals surface area contributed by atoms with E-state index in [1.54, 1.807) is 6.07 Å². The Balaban J connectivity index is 2.38. The molecule has 0 aliphatic heterocycles. The third-order valence-corrected chi connectivity index (χ3v) is 3.69. The first-order valence-corrected chi connectivity index (χ1v) is 6.75. The van der Waals surface area contributed by atoms with Crippen LogP contribution in [0.15, 0.2) is 51.4 Å². The molecule has 0 aliphatic carbocycles. The van der Waals surface area contributed by atoms with Gasteiger partial charge in [0, 0.05) is 8.95 Å². The number of benzene rings is 2. The number of halogens is 5. The molecule has 0 amide bonds. The van der Waals surface area contributed by atoms with Gasteiger partial charge in [0.15, 0.2) is 0 Å². The molecule has 19 heavy (non-hydrogen) atoms. The molecule has 2 rings (SSSR count). The van der Waals surface area contributed by atoms with E-state index in [2.05, 4.69) is 36.6 Å². The average Bonchev–Trinajstić information content (AvgIpc) is 2.28. The smallest absolute Gasteiger partial charge is 0.406 e. The molecule has 2 aromatic carbocycles. The van der Waals surface area contributed by atoms with Gasteiger partial charge in [-0.25, -0.2) is 0 Å². The van der Waals surface area contributed by atoms with E-state index in [-0.39, 0.29) is 5.75 Å². The average molecular weight is 396 g/mol. The minimum Gasteiger partial charge on any atom is -0.406 e. The Bertz CT molecular complexity index is 597. The van der Waals surface area contributed by atoms with Crippen LogP contribution in [0.2, 0.25) is 0 Å². The fourth-order valence-corrected chi connectivity index (χ4v) is 2.66. The van der Waals surface area contributed by atoms with Gasteiger partial charge in [-0.1, -0.05) is 50.1 Å². The van der Waals surface area contributed by atoms with Crippen LogP contribution in [0, 0.1) is 0 Å². The lowest BCUT2D eigenvalue weighted by Crippen LogP contribution is -2.17. The Morgan fingerprint density at radius 3 is 2.05 bits per heavy atom. The monoisotopic (exact) mass is 394 g/mol. The molecule has 0 unspecified atom stereocenters. The second-order valence-electron chi connectivity index (χ2n) is 3.67. The van der Waals surface area contributed by atoms with Gasteiger partial charge in [-0.05, 0) is 35.4 Å². The molecule has 0 saturated carbocycles. The van der Waals surface area contributed by atoms with E-state index in [0.29, 0.717) is 4.47 Å². The van der Waals surface area contributed by atoms with Crippen molar-refractivity contribution in [2.45, 2.75) is 6.36 Å². The first kappa shape index (κ1) is 14.4. The standard InChI is InChI=1S/C13H7Br2F3O/c14-11-4-2-1-3-9(11)10-6-5-8(7-12(10)15)19-13(16,17)18/h1-7H. The van der Waals surface area contributed by atoms with Crippen molar-refractivity contribution in [3.05, 3.63) is 51.4 Å². The van der Waals surface area contributed by atoms with Crippen LogP contribution in [0.4, 0.5) is 13.2 Å². The van der Waals surface area contributed by atoms with Crippen molar-refractivity contribution < 1.29 is 17.9 Å². The summed E-state index contributed by atoms with van der Waals surface area (Å²) in [5.74, 6) is -0.254. The van der Waals surface area contributed by atoms with Crippen LogP contribution in [0.25, 0.3) is 11.1 Å². The topological polar surface area (TPSA) is 9.23 Å². The molecule has 1 nitrogen and oxygen atoms in total. The fraction of sp³-hybridized carbons (Fsp3) is 0.0769. The molecule has 0 radical (unpaired) electrons. The van der Waals surface area contributed by atoms with E-state index in [4.69, 9.17) is 0 Å². The van der Waals surface area contributed by atoms with Crippen LogP contribution in [-0.4, -0.2) is 6.36 Å². The third-order valence-electron chi connectivity index (χ3n) is 2.34. The molecule has 0 fully saturated rings. The van der Waals surface area contributed by atoms with E-state index in [1.165, 1.54) is 12.1 Å². The first-order chi connectivity index (χ1) is 8.87. The van der Waals surface area contributed by atoms with Crippen LogP contribution in [-0.2, 0) is 0 Å². The highest BCUT2D eigenvalue weighted by molar-refractivity contribution is 9.11. The van der Waals surface area contributed by atoms with E-state index in [9.17, 15) is 13.2 Å². The Hall–Kier alpha value is -1.01. The minimum atomic E-state index is -4.69. The maximum atomic E-state index is 12.1. The molecule has 0 heterocycles. The summed E-state index contributed by atoms with van der Waals surface area (Å²) in [6.07, 6.45) is -4.69. The predicted molar refractivity (Wildman–Crippen MR) is 74.0 cm³/mol. The maximum absolute atomic E-state index is 12.1. The first-order valence-electron chi connectivity index (χ1n) is 5.17. The van der Waals surface area contributed by atoms with Crippen LogP contribution in [0.5, 0.6) is 5.75 Å². The van der Waals surface area contributed by atoms with E-state index in [0.717, 1.165) is 15.6 Å². The lowest BCUT2D eigenvalue weighted by Gasteiger charge is -2.12. The zero-order valence-electron chi connectivity index (χ0n) is 9.34. The predicted octanol–water partition coefficient (Wildman–Crippen LogP) is 5.78. The maximum Gasteiger partial charge on any atom is 0.573 e. The number of alkyl halides is 3. The van der Waals surface area contributed by atoms with Crippen molar-refractivity contribution >= 4 is 31.9 Å². The highest BCUT2D eigenvalue weighted by atomic mass is 79.9. The summed E-state index contributed by atoms with van der Waals surface area (Å²) in [5, 5.41) is 0. The Morgan fingerprint density at radius 1 is 0.842 bits per heavy atom. The highest BCUT2D eigenvalue weighted by Crippen LogP contribution is 2.36. The van der Waals surface area contributed by atoms with Gasteiger partial charge in [-0.15, -0.1) is 13.2 Å². The molecule has 0 atom stereocenters. The molecule has 0 N–H and O–H groups in total. The summed E-state index contributed by atoms with van der Waals surface area (Å²) in [6.45, 7) is 0. The summed E-state index contributed by atoms with van der Waals surface area (Å²) in [7, 11) is 0. The van der Waals surface area contributed by atoms with Gasteiger partial charge in [-0.3, -0.25) is 0 Å². The van der Waals surface area contributed by atoms with Gasteiger partial charge < -0.3 is 4.74 Å². The van der Waals surface area contributed by atoms with Gasteiger partial charge in [0.2, 0.25) is 0 Å². The Morgan fingerprint density at radius 2 is 1.47 bits per heavy atom. The quantitative estimate of drug-likeness (QED) is 0.626. The summed E-state index contributed by atoms with van der Waals surface area (Å²) >= 11 is 6.66. The molecule has 0 saturated heterocycles. The van der Waals surface area contributed by atoms with Gasteiger partial charge >= 0.3 is 6.36 Å². The number of ether oxygens (including phenoxy) is 1. The zero-order valence-corrected chi connectivity index (χ0v) is 12.5. The van der Waals surface area contributed by atoms with Gasteiger partial charge in [0.1, 0.15) is 5.75 Å². The van der Waals surface area contributed by atoms with E-state index >= 15 is 0 Å². The Kier molecular flexibility index (Phi) is 4.20. The van der Waals surface area contributed by atoms with Crippen LogP contribution < -0.4 is 4.74 Å². The molecule has 0 aliphatic rings. The zero-order chi connectivity index (χ0) is 14.0. The second kappa shape index (κ2) is 5.54. The summed E-state index contributed by atoms with van der Waals surface area (Å²) < 4.78 is 41.6. The summed E-state index contributed by atoms with van der Waals surface area (Å²) in [6, 6.07) is 11.6. The minimum absolute atomic E-state index is 0.254. The number of hydrogen-bond acceptors (Lipinski definition) is 1. The molecule has 0 spiro atoms. The van der Waals surface area contributed by atoms with Gasteiger partial charge in [-0.2, -0.15) is 0 Å². The molecular weight excluding hydrogens is 389 g/mol. The largest absolute Gasteiger partial charge is 0.573 e. The van der Waals surface area contributed by atoms with Gasteiger partial charge in [0.05, 0.1) is 0 Å². The van der Waals surface area contributed by atoms with Gasteiger partial charge in [0.25, 0.3) is 0 Å². The molecule has 6 heteroatoms. The highest BCUT2D eigenvalue weighted by Gasteiger charge is 2.31. The van der Waals surface area contributed by atoms with Crippen LogP contribution in [0.1, 0.15) is 0 Å². The number of rotatable bonds is 2.